The van der Waals surface area contributed by atoms with Gasteiger partial charge in [0.25, 0.3) is 5.91 Å². The number of ether oxygens (including phenoxy) is 2. The van der Waals surface area contributed by atoms with E-state index in [0.29, 0.717) is 43.4 Å². The predicted molar refractivity (Wildman–Crippen MR) is 146 cm³/mol. The number of para-hydroxylation sites is 2. The first kappa shape index (κ1) is 26.7. The van der Waals surface area contributed by atoms with Gasteiger partial charge >= 0.3 is 0 Å². The Balaban J connectivity index is 1.47. The van der Waals surface area contributed by atoms with Crippen LogP contribution in [0.4, 0.5) is 5.69 Å². The average Bonchev–Trinajstić information content (AvgIpc) is 2.92. The molecule has 4 rings (SSSR count). The van der Waals surface area contributed by atoms with E-state index in [9.17, 15) is 13.2 Å². The lowest BCUT2D eigenvalue weighted by Gasteiger charge is -2.38. The number of carbonyl (C=O) groups excluding carboxylic acids is 1. The van der Waals surface area contributed by atoms with Gasteiger partial charge < -0.3 is 14.8 Å². The minimum Gasteiger partial charge on any atom is -0.492 e. The van der Waals surface area contributed by atoms with Crippen molar-refractivity contribution >= 4 is 21.6 Å². The number of rotatable bonds is 10. The standard InChI is InChI=1S/C29H34N2O5S/c1-3-36-27-12-8-7-11-26(27)31(37(2,33)34)21-23-13-15-24(16-14-23)28(32)30-22-29(17-19-35-20-18-29)25-9-5-4-6-10-25/h4-16H,3,17-22H2,1-2H3,(H,30,32). The van der Waals surface area contributed by atoms with Gasteiger partial charge in [-0.2, -0.15) is 0 Å². The molecule has 0 unspecified atom stereocenters. The van der Waals surface area contributed by atoms with Crippen LogP contribution in [-0.2, 0) is 26.7 Å². The predicted octanol–water partition coefficient (Wildman–Crippen LogP) is 4.53. The minimum atomic E-state index is -3.57. The number of sulfonamides is 1. The van der Waals surface area contributed by atoms with Crippen LogP contribution in [0.15, 0.2) is 78.9 Å². The van der Waals surface area contributed by atoms with Gasteiger partial charge in [-0.1, -0.05) is 54.6 Å². The van der Waals surface area contributed by atoms with Crippen molar-refractivity contribution in [2.45, 2.75) is 31.7 Å². The minimum absolute atomic E-state index is 0.127. The molecule has 0 spiro atoms. The Labute approximate surface area is 219 Å². The molecule has 1 N–H and O–H groups in total. The molecule has 3 aromatic carbocycles. The first-order valence-electron chi connectivity index (χ1n) is 12.5. The Morgan fingerprint density at radius 1 is 0.973 bits per heavy atom. The molecule has 0 saturated carbocycles. The number of hydrogen-bond acceptors (Lipinski definition) is 5. The van der Waals surface area contributed by atoms with Gasteiger partial charge in [0.2, 0.25) is 10.0 Å². The van der Waals surface area contributed by atoms with Gasteiger partial charge in [-0.25, -0.2) is 8.42 Å². The fraction of sp³-hybridized carbons (Fsp3) is 0.345. The van der Waals surface area contributed by atoms with Crippen molar-refractivity contribution in [1.29, 1.82) is 0 Å². The molecular weight excluding hydrogens is 488 g/mol. The number of carbonyl (C=O) groups is 1. The van der Waals surface area contributed by atoms with E-state index in [-0.39, 0.29) is 17.9 Å². The molecule has 1 aliphatic rings. The molecule has 196 valence electrons. The van der Waals surface area contributed by atoms with Crippen molar-refractivity contribution in [3.05, 3.63) is 95.6 Å². The second-order valence-electron chi connectivity index (χ2n) is 9.31. The van der Waals surface area contributed by atoms with E-state index in [2.05, 4.69) is 17.4 Å². The lowest BCUT2D eigenvalue weighted by atomic mass is 9.74. The van der Waals surface area contributed by atoms with Crippen molar-refractivity contribution in [1.82, 2.24) is 5.32 Å². The zero-order valence-corrected chi connectivity index (χ0v) is 22.2. The maximum absolute atomic E-state index is 13.0. The SMILES string of the molecule is CCOc1ccccc1N(Cc1ccc(C(=O)NCC2(c3ccccc3)CCOCC2)cc1)S(C)(=O)=O. The molecule has 0 bridgehead atoms. The second-order valence-corrected chi connectivity index (χ2v) is 11.2. The van der Waals surface area contributed by atoms with Crippen molar-refractivity contribution in [2.75, 3.05) is 36.9 Å². The zero-order valence-electron chi connectivity index (χ0n) is 21.4. The van der Waals surface area contributed by atoms with Gasteiger partial charge in [-0.3, -0.25) is 9.10 Å². The Hall–Kier alpha value is -3.36. The number of anilines is 1. The number of nitrogens with zero attached hydrogens (tertiary/aromatic N) is 1. The van der Waals surface area contributed by atoms with Gasteiger partial charge in [0, 0.05) is 30.7 Å². The fourth-order valence-electron chi connectivity index (χ4n) is 4.72. The molecule has 1 amide bonds. The van der Waals surface area contributed by atoms with Gasteiger partial charge in [-0.15, -0.1) is 0 Å². The van der Waals surface area contributed by atoms with E-state index in [1.54, 1.807) is 42.5 Å². The molecule has 1 aliphatic heterocycles. The van der Waals surface area contributed by atoms with E-state index in [0.717, 1.165) is 18.4 Å². The Bertz CT molecular complexity index is 1290. The van der Waals surface area contributed by atoms with Crippen LogP contribution >= 0.6 is 0 Å². The maximum Gasteiger partial charge on any atom is 0.251 e. The van der Waals surface area contributed by atoms with Crippen molar-refractivity contribution in [3.8, 4) is 5.75 Å². The molecule has 0 aliphatic carbocycles. The molecule has 0 radical (unpaired) electrons. The van der Waals surface area contributed by atoms with Crippen LogP contribution in [0.2, 0.25) is 0 Å². The van der Waals surface area contributed by atoms with E-state index in [1.807, 2.05) is 31.2 Å². The second kappa shape index (κ2) is 11.8. The molecule has 0 aromatic heterocycles. The number of benzene rings is 3. The van der Waals surface area contributed by atoms with Crippen LogP contribution < -0.4 is 14.4 Å². The Morgan fingerprint density at radius 2 is 1.62 bits per heavy atom. The van der Waals surface area contributed by atoms with Gasteiger partial charge in [-0.05, 0) is 55.2 Å². The Kier molecular flexibility index (Phi) is 8.51. The molecule has 0 atom stereocenters. The summed E-state index contributed by atoms with van der Waals surface area (Å²) in [7, 11) is -3.57. The van der Waals surface area contributed by atoms with Crippen LogP contribution in [0.25, 0.3) is 0 Å². The molecule has 1 saturated heterocycles. The average molecular weight is 523 g/mol. The summed E-state index contributed by atoms with van der Waals surface area (Å²) in [5.74, 6) is 0.349. The van der Waals surface area contributed by atoms with Crippen molar-refractivity contribution in [3.63, 3.8) is 0 Å². The lowest BCUT2D eigenvalue weighted by molar-refractivity contribution is 0.0487. The molecular formula is C29H34N2O5S. The van der Waals surface area contributed by atoms with Gasteiger partial charge in [0.1, 0.15) is 5.75 Å². The monoisotopic (exact) mass is 522 g/mol. The summed E-state index contributed by atoms with van der Waals surface area (Å²) in [5, 5.41) is 3.12. The normalized spacial score (nSPS) is 15.1. The van der Waals surface area contributed by atoms with E-state index >= 15 is 0 Å². The first-order chi connectivity index (χ1) is 17.8. The highest BCUT2D eigenvalue weighted by atomic mass is 32.2. The van der Waals surface area contributed by atoms with Crippen molar-refractivity contribution < 1.29 is 22.7 Å². The molecule has 7 nitrogen and oxygen atoms in total. The summed E-state index contributed by atoms with van der Waals surface area (Å²) in [6.07, 6.45) is 2.87. The number of nitrogens with one attached hydrogen (secondary N) is 1. The first-order valence-corrected chi connectivity index (χ1v) is 14.4. The summed E-state index contributed by atoms with van der Waals surface area (Å²) in [5.41, 5.74) is 2.83. The summed E-state index contributed by atoms with van der Waals surface area (Å²) < 4.78 is 37.9. The van der Waals surface area contributed by atoms with Gasteiger partial charge in [0.15, 0.2) is 0 Å². The van der Waals surface area contributed by atoms with Crippen molar-refractivity contribution in [2.24, 2.45) is 0 Å². The summed E-state index contributed by atoms with van der Waals surface area (Å²) in [6.45, 7) is 4.27. The summed E-state index contributed by atoms with van der Waals surface area (Å²) in [4.78, 5) is 13.0. The van der Waals surface area contributed by atoms with Crippen LogP contribution in [0.5, 0.6) is 5.75 Å². The highest BCUT2D eigenvalue weighted by Crippen LogP contribution is 2.34. The zero-order chi connectivity index (χ0) is 26.3. The topological polar surface area (TPSA) is 84.9 Å². The molecule has 3 aromatic rings. The molecule has 1 fully saturated rings. The largest absolute Gasteiger partial charge is 0.492 e. The third-order valence-electron chi connectivity index (χ3n) is 6.80. The summed E-state index contributed by atoms with van der Waals surface area (Å²) >= 11 is 0. The number of hydrogen-bond donors (Lipinski definition) is 1. The summed E-state index contributed by atoms with van der Waals surface area (Å²) in [6, 6.07) is 24.4. The molecule has 8 heteroatoms. The highest BCUT2D eigenvalue weighted by molar-refractivity contribution is 7.92. The lowest BCUT2D eigenvalue weighted by Crippen LogP contribution is -2.44. The third kappa shape index (κ3) is 6.50. The molecule has 37 heavy (non-hydrogen) atoms. The fourth-order valence-corrected chi connectivity index (χ4v) is 5.61. The quantitative estimate of drug-likeness (QED) is 0.423. The number of amides is 1. The maximum atomic E-state index is 13.0. The van der Waals surface area contributed by atoms with Crippen LogP contribution in [0, 0.1) is 0 Å². The van der Waals surface area contributed by atoms with E-state index in [4.69, 9.17) is 9.47 Å². The Morgan fingerprint density at radius 3 is 2.27 bits per heavy atom. The van der Waals surface area contributed by atoms with Crippen LogP contribution in [-0.4, -0.2) is 46.9 Å². The van der Waals surface area contributed by atoms with Crippen LogP contribution in [0.1, 0.15) is 41.3 Å². The molecule has 1 heterocycles. The van der Waals surface area contributed by atoms with E-state index < -0.39 is 10.0 Å². The van der Waals surface area contributed by atoms with Gasteiger partial charge in [0.05, 0.1) is 25.1 Å². The van der Waals surface area contributed by atoms with Crippen LogP contribution in [0.3, 0.4) is 0 Å². The highest BCUT2D eigenvalue weighted by Gasteiger charge is 2.34. The smallest absolute Gasteiger partial charge is 0.251 e. The third-order valence-corrected chi connectivity index (χ3v) is 7.93. The van der Waals surface area contributed by atoms with E-state index in [1.165, 1.54) is 16.1 Å².